The molecule has 1 saturated heterocycles. The maximum atomic E-state index is 13.5. The van der Waals surface area contributed by atoms with E-state index in [-0.39, 0.29) is 37.2 Å². The van der Waals surface area contributed by atoms with E-state index in [1.54, 1.807) is 22.9 Å². The number of hydrogen-bond acceptors (Lipinski definition) is 9. The molecule has 1 fully saturated rings. The van der Waals surface area contributed by atoms with Gasteiger partial charge in [-0.25, -0.2) is 19.3 Å². The van der Waals surface area contributed by atoms with Crippen molar-refractivity contribution in [1.82, 2.24) is 29.7 Å². The molecule has 0 radical (unpaired) electrons. The highest BCUT2D eigenvalue weighted by Crippen LogP contribution is 2.29. The number of hydrogen-bond donors (Lipinski definition) is 0. The molecule has 0 saturated carbocycles. The second kappa shape index (κ2) is 11.4. The van der Waals surface area contributed by atoms with Crippen molar-refractivity contribution in [2.75, 3.05) is 32.6 Å². The Bertz CT molecular complexity index is 1320. The van der Waals surface area contributed by atoms with Gasteiger partial charge in [0.2, 0.25) is 11.8 Å². The number of carbonyl (C=O) groups excluding carboxylic acids is 6. The minimum Gasteiger partial charge on any atom is -0.468 e. The third-order valence-electron chi connectivity index (χ3n) is 6.66. The van der Waals surface area contributed by atoms with Gasteiger partial charge in [-0.3, -0.25) is 24.0 Å². The van der Waals surface area contributed by atoms with Crippen LogP contribution in [0.3, 0.4) is 0 Å². The van der Waals surface area contributed by atoms with Crippen LogP contribution < -0.4 is 4.90 Å². The first kappa shape index (κ1) is 27.4. The van der Waals surface area contributed by atoms with Gasteiger partial charge in [0.25, 0.3) is 0 Å². The molecule has 0 spiro atoms. The second-order valence-electron chi connectivity index (χ2n) is 9.42. The SMILES string of the molecule is COC(=O)CN1Cc2cnnn2CCCC[C@@H](C(=O)N(C)C)N2C(=O)C(=O)N(C2=O)c2ccccc2CC1=O. The van der Waals surface area contributed by atoms with Crippen LogP contribution in [0.15, 0.2) is 30.5 Å². The number of methoxy groups -OCH3 is 1. The molecule has 1 aromatic carbocycles. The van der Waals surface area contributed by atoms with Gasteiger partial charge < -0.3 is 14.5 Å². The lowest BCUT2D eigenvalue weighted by Gasteiger charge is -2.28. The average Bonchev–Trinajstić information content (AvgIpc) is 3.44. The number of rotatable bonds is 3. The van der Waals surface area contributed by atoms with E-state index in [2.05, 4.69) is 10.3 Å². The predicted octanol–water partition coefficient (Wildman–Crippen LogP) is -0.0417. The Labute approximate surface area is 224 Å². The fourth-order valence-corrected chi connectivity index (χ4v) is 4.62. The van der Waals surface area contributed by atoms with Crippen LogP contribution >= 0.6 is 0 Å². The topological polar surface area (TPSA) is 155 Å². The van der Waals surface area contributed by atoms with E-state index in [1.165, 1.54) is 43.3 Å². The lowest BCUT2D eigenvalue weighted by atomic mass is 10.1. The highest BCUT2D eigenvalue weighted by atomic mass is 16.5. The number of aromatic nitrogens is 3. The normalized spacial score (nSPS) is 18.6. The quantitative estimate of drug-likeness (QED) is 0.297. The number of nitrogens with zero attached hydrogens (tertiary/aromatic N) is 7. The van der Waals surface area contributed by atoms with E-state index in [4.69, 9.17) is 4.74 Å². The smallest absolute Gasteiger partial charge is 0.339 e. The number of imide groups is 2. The van der Waals surface area contributed by atoms with Gasteiger partial charge in [-0.05, 0) is 30.9 Å². The summed E-state index contributed by atoms with van der Waals surface area (Å²) in [6.45, 7) is 0.0395. The van der Waals surface area contributed by atoms with Crippen LogP contribution in [0.1, 0.15) is 30.5 Å². The number of aryl methyl sites for hydroxylation is 1. The first-order chi connectivity index (χ1) is 18.6. The second-order valence-corrected chi connectivity index (χ2v) is 9.42. The Kier molecular flexibility index (Phi) is 8.02. The number of carbonyl (C=O) groups is 6. The van der Waals surface area contributed by atoms with E-state index < -0.39 is 41.7 Å². The highest BCUT2D eigenvalue weighted by Gasteiger charge is 2.51. The van der Waals surface area contributed by atoms with Crippen molar-refractivity contribution in [3.8, 4) is 0 Å². The average molecular weight is 540 g/mol. The molecule has 2 aliphatic heterocycles. The van der Waals surface area contributed by atoms with E-state index in [9.17, 15) is 28.8 Å². The Hall–Kier alpha value is -4.62. The maximum Gasteiger partial charge on any atom is 0.339 e. The predicted molar refractivity (Wildman–Crippen MR) is 134 cm³/mol. The first-order valence-electron chi connectivity index (χ1n) is 12.4. The largest absolute Gasteiger partial charge is 0.468 e. The van der Waals surface area contributed by atoms with Gasteiger partial charge in [0.1, 0.15) is 12.6 Å². The van der Waals surface area contributed by atoms with E-state index >= 15 is 0 Å². The van der Waals surface area contributed by atoms with Crippen molar-refractivity contribution in [3.05, 3.63) is 41.7 Å². The molecule has 1 atom stereocenters. The summed E-state index contributed by atoms with van der Waals surface area (Å²) in [5.74, 6) is -3.84. The number of amides is 6. The molecule has 14 nitrogen and oxygen atoms in total. The van der Waals surface area contributed by atoms with Gasteiger partial charge in [0.05, 0.1) is 37.7 Å². The van der Waals surface area contributed by atoms with E-state index in [1.807, 2.05) is 0 Å². The standard InChI is InChI=1S/C25H29N7O7/c1-28(2)22(35)19-10-6-7-11-30-17(13-26-27-30)14-29(15-21(34)39-3)20(33)12-16-8-4-5-9-18(16)31-23(36)24(37)32(19)25(31)38/h4-5,8-9,13,19H,6-7,10-12,14-15H2,1-3H3/t19-/m0/s1. The first-order valence-corrected chi connectivity index (χ1v) is 12.4. The van der Waals surface area contributed by atoms with Crippen molar-refractivity contribution in [1.29, 1.82) is 0 Å². The van der Waals surface area contributed by atoms with Crippen LogP contribution in [-0.4, -0.2) is 99.1 Å². The zero-order valence-electron chi connectivity index (χ0n) is 21.9. The van der Waals surface area contributed by atoms with Crippen molar-refractivity contribution in [2.24, 2.45) is 0 Å². The van der Waals surface area contributed by atoms with Crippen LogP contribution in [0.25, 0.3) is 0 Å². The van der Waals surface area contributed by atoms with Gasteiger partial charge in [-0.15, -0.1) is 5.10 Å². The van der Waals surface area contributed by atoms with Crippen LogP contribution in [-0.2, 0) is 48.2 Å². The number of likely N-dealkylation sites (N-methyl/N-ethyl adjacent to an activating group) is 1. The molecule has 1 aromatic heterocycles. The fraction of sp³-hybridized carbons (Fsp3) is 0.440. The number of esters is 1. The molecular formula is C25H29N7O7. The molecule has 0 aliphatic carbocycles. The summed E-state index contributed by atoms with van der Waals surface area (Å²) < 4.78 is 6.36. The summed E-state index contributed by atoms with van der Waals surface area (Å²) in [6, 6.07) is 4.05. The van der Waals surface area contributed by atoms with Crippen molar-refractivity contribution >= 4 is 41.3 Å². The van der Waals surface area contributed by atoms with Crippen LogP contribution in [0, 0.1) is 0 Å². The minimum atomic E-state index is -1.18. The molecular weight excluding hydrogens is 510 g/mol. The lowest BCUT2D eigenvalue weighted by Crippen LogP contribution is -2.50. The number of fused-ring (bicyclic) bond motifs is 5. The van der Waals surface area contributed by atoms with Crippen LogP contribution in [0.4, 0.5) is 10.5 Å². The van der Waals surface area contributed by atoms with E-state index in [0.29, 0.717) is 34.9 Å². The zero-order valence-corrected chi connectivity index (χ0v) is 21.9. The Morgan fingerprint density at radius 1 is 1.08 bits per heavy atom. The molecule has 0 N–H and O–H groups in total. The third-order valence-corrected chi connectivity index (χ3v) is 6.66. The highest BCUT2D eigenvalue weighted by molar-refractivity contribution is 6.53. The molecule has 14 heteroatoms. The summed E-state index contributed by atoms with van der Waals surface area (Å²) in [4.78, 5) is 82.3. The molecule has 2 bridgehead atoms. The van der Waals surface area contributed by atoms with Gasteiger partial charge in [0.15, 0.2) is 0 Å². The minimum absolute atomic E-state index is 0.0126. The lowest BCUT2D eigenvalue weighted by molar-refractivity contribution is -0.147. The van der Waals surface area contributed by atoms with Gasteiger partial charge in [-0.2, -0.15) is 0 Å². The summed E-state index contributed by atoms with van der Waals surface area (Å²) >= 11 is 0. The van der Waals surface area contributed by atoms with Gasteiger partial charge >= 0.3 is 23.8 Å². The summed E-state index contributed by atoms with van der Waals surface area (Å²) in [7, 11) is 4.23. The summed E-state index contributed by atoms with van der Waals surface area (Å²) in [5.41, 5.74) is 0.911. The molecule has 39 heavy (non-hydrogen) atoms. The molecule has 2 aliphatic rings. The van der Waals surface area contributed by atoms with Crippen molar-refractivity contribution in [2.45, 2.75) is 44.8 Å². The third kappa shape index (κ3) is 5.49. The molecule has 0 unspecified atom stereocenters. The number of anilines is 1. The van der Waals surface area contributed by atoms with Gasteiger partial charge in [0, 0.05) is 20.6 Å². The molecule has 3 heterocycles. The fourth-order valence-electron chi connectivity index (χ4n) is 4.62. The number of para-hydroxylation sites is 1. The van der Waals surface area contributed by atoms with Crippen LogP contribution in [0.2, 0.25) is 0 Å². The maximum absolute atomic E-state index is 13.5. The van der Waals surface area contributed by atoms with Crippen LogP contribution in [0.5, 0.6) is 0 Å². The monoisotopic (exact) mass is 539 g/mol. The summed E-state index contributed by atoms with van der Waals surface area (Å²) in [5, 5.41) is 8.02. The van der Waals surface area contributed by atoms with Gasteiger partial charge in [-0.1, -0.05) is 23.4 Å². The molecule has 206 valence electrons. The van der Waals surface area contributed by atoms with Crippen molar-refractivity contribution in [3.63, 3.8) is 0 Å². The van der Waals surface area contributed by atoms with Crippen molar-refractivity contribution < 1.29 is 33.5 Å². The number of urea groups is 1. The molecule has 6 amide bonds. The van der Waals surface area contributed by atoms with E-state index in [0.717, 1.165) is 0 Å². The molecule has 2 aromatic rings. The number of ether oxygens (including phenoxy) is 1. The number of benzene rings is 1. The Morgan fingerprint density at radius 3 is 2.54 bits per heavy atom. The Morgan fingerprint density at radius 2 is 1.82 bits per heavy atom. The zero-order chi connectivity index (χ0) is 28.3. The molecule has 4 rings (SSSR count). The summed E-state index contributed by atoms with van der Waals surface area (Å²) in [6.07, 6.45) is 2.25. The Balaban J connectivity index is 1.78.